The molecule has 1 amide bonds. The van der Waals surface area contributed by atoms with Gasteiger partial charge in [-0.2, -0.15) is 13.2 Å². The zero-order valence-corrected chi connectivity index (χ0v) is 10.0. The molecule has 0 radical (unpaired) electrons. The first kappa shape index (κ1) is 16.2. The molecule has 0 aromatic carbocycles. The Labute approximate surface area is 98.7 Å². The number of hydrogen-bond donors (Lipinski definition) is 2. The molecule has 0 aliphatic rings. The van der Waals surface area contributed by atoms with Crippen LogP contribution in [0, 0.1) is 0 Å². The minimum Gasteiger partial charge on any atom is -0.370 e. The first-order valence-corrected chi connectivity index (χ1v) is 5.46. The van der Waals surface area contributed by atoms with Crippen molar-refractivity contribution in [3.8, 4) is 0 Å². The maximum Gasteiger partial charge on any atom is 0.411 e. The lowest BCUT2D eigenvalue weighted by Crippen LogP contribution is -2.46. The molecule has 0 aliphatic heterocycles. The topological polar surface area (TPSA) is 64.4 Å². The Kier molecular flexibility index (Phi) is 7.13. The number of halogens is 3. The second kappa shape index (κ2) is 7.50. The zero-order valence-electron chi connectivity index (χ0n) is 10.0. The van der Waals surface area contributed by atoms with Gasteiger partial charge in [-0.3, -0.25) is 4.79 Å². The van der Waals surface area contributed by atoms with Crippen LogP contribution in [-0.4, -0.2) is 37.4 Å². The molecule has 0 rings (SSSR count). The Morgan fingerprint density at radius 3 is 2.53 bits per heavy atom. The SMILES string of the molecule is CCCC(N)C(=O)NC(C)COCC(F)(F)F. The highest BCUT2D eigenvalue weighted by atomic mass is 19.4. The van der Waals surface area contributed by atoms with Gasteiger partial charge in [0, 0.05) is 6.04 Å². The van der Waals surface area contributed by atoms with E-state index in [1.165, 1.54) is 0 Å². The molecular formula is C10H19F3N2O2. The van der Waals surface area contributed by atoms with E-state index in [9.17, 15) is 18.0 Å². The molecule has 0 bridgehead atoms. The smallest absolute Gasteiger partial charge is 0.370 e. The third-order valence-electron chi connectivity index (χ3n) is 1.96. The van der Waals surface area contributed by atoms with Crippen molar-refractivity contribution >= 4 is 5.91 Å². The number of rotatable bonds is 7. The monoisotopic (exact) mass is 256 g/mol. The lowest BCUT2D eigenvalue weighted by Gasteiger charge is -2.17. The Balaban J connectivity index is 3.78. The van der Waals surface area contributed by atoms with Gasteiger partial charge in [-0.1, -0.05) is 13.3 Å². The van der Waals surface area contributed by atoms with E-state index in [2.05, 4.69) is 10.1 Å². The van der Waals surface area contributed by atoms with Gasteiger partial charge in [-0.15, -0.1) is 0 Å². The number of carbonyl (C=O) groups is 1. The summed E-state index contributed by atoms with van der Waals surface area (Å²) in [5.41, 5.74) is 5.54. The summed E-state index contributed by atoms with van der Waals surface area (Å²) in [6.45, 7) is 1.95. The molecule has 2 atom stereocenters. The van der Waals surface area contributed by atoms with Crippen molar-refractivity contribution < 1.29 is 22.7 Å². The number of carbonyl (C=O) groups excluding carboxylic acids is 1. The van der Waals surface area contributed by atoms with E-state index in [0.29, 0.717) is 6.42 Å². The van der Waals surface area contributed by atoms with Gasteiger partial charge in [0.25, 0.3) is 0 Å². The molecule has 0 saturated carbocycles. The molecular weight excluding hydrogens is 237 g/mol. The quantitative estimate of drug-likeness (QED) is 0.719. The predicted molar refractivity (Wildman–Crippen MR) is 57.4 cm³/mol. The first-order chi connectivity index (χ1) is 7.76. The zero-order chi connectivity index (χ0) is 13.5. The van der Waals surface area contributed by atoms with Crippen molar-refractivity contribution in [1.82, 2.24) is 5.32 Å². The van der Waals surface area contributed by atoms with Crippen molar-refractivity contribution in [2.45, 2.75) is 44.9 Å². The lowest BCUT2D eigenvalue weighted by molar-refractivity contribution is -0.175. The highest BCUT2D eigenvalue weighted by Gasteiger charge is 2.27. The fraction of sp³-hybridized carbons (Fsp3) is 0.900. The van der Waals surface area contributed by atoms with E-state index in [1.807, 2.05) is 6.92 Å². The van der Waals surface area contributed by atoms with E-state index >= 15 is 0 Å². The third kappa shape index (κ3) is 8.93. The third-order valence-corrected chi connectivity index (χ3v) is 1.96. The van der Waals surface area contributed by atoms with E-state index in [0.717, 1.165) is 6.42 Å². The number of amides is 1. The van der Waals surface area contributed by atoms with Crippen LogP contribution < -0.4 is 11.1 Å². The highest BCUT2D eigenvalue weighted by molar-refractivity contribution is 5.81. The van der Waals surface area contributed by atoms with Crippen LogP contribution in [0.3, 0.4) is 0 Å². The maximum absolute atomic E-state index is 11.8. The maximum atomic E-state index is 11.8. The average Bonchev–Trinajstić information content (AvgIpc) is 2.15. The van der Waals surface area contributed by atoms with Crippen molar-refractivity contribution in [3.63, 3.8) is 0 Å². The molecule has 2 unspecified atom stereocenters. The molecule has 0 saturated heterocycles. The fourth-order valence-corrected chi connectivity index (χ4v) is 1.19. The largest absolute Gasteiger partial charge is 0.411 e. The Morgan fingerprint density at radius 1 is 1.47 bits per heavy atom. The summed E-state index contributed by atoms with van der Waals surface area (Å²) in [4.78, 5) is 11.4. The second-order valence-corrected chi connectivity index (χ2v) is 3.94. The number of nitrogens with two attached hydrogens (primary N) is 1. The van der Waals surface area contributed by atoms with Gasteiger partial charge in [0.05, 0.1) is 12.6 Å². The van der Waals surface area contributed by atoms with Gasteiger partial charge in [0.15, 0.2) is 0 Å². The average molecular weight is 256 g/mol. The number of alkyl halides is 3. The van der Waals surface area contributed by atoms with E-state index < -0.39 is 24.9 Å². The molecule has 0 spiro atoms. The Morgan fingerprint density at radius 2 is 2.06 bits per heavy atom. The minimum absolute atomic E-state index is 0.190. The van der Waals surface area contributed by atoms with E-state index in [4.69, 9.17) is 5.73 Å². The van der Waals surface area contributed by atoms with Crippen LogP contribution in [-0.2, 0) is 9.53 Å². The van der Waals surface area contributed by atoms with Gasteiger partial charge < -0.3 is 15.8 Å². The molecule has 3 N–H and O–H groups in total. The summed E-state index contributed by atoms with van der Waals surface area (Å²) in [7, 11) is 0. The van der Waals surface area contributed by atoms with Crippen molar-refractivity contribution in [1.29, 1.82) is 0 Å². The number of hydrogen-bond acceptors (Lipinski definition) is 3. The van der Waals surface area contributed by atoms with Crippen molar-refractivity contribution in [2.75, 3.05) is 13.2 Å². The Bertz CT molecular complexity index is 234. The van der Waals surface area contributed by atoms with Crippen molar-refractivity contribution in [2.24, 2.45) is 5.73 Å². The van der Waals surface area contributed by atoms with E-state index in [1.54, 1.807) is 6.92 Å². The molecule has 0 aliphatic carbocycles. The molecule has 0 fully saturated rings. The summed E-state index contributed by atoms with van der Waals surface area (Å²) in [6, 6.07) is -1.11. The van der Waals surface area contributed by atoms with Crippen LogP contribution >= 0.6 is 0 Å². The van der Waals surface area contributed by atoms with Crippen molar-refractivity contribution in [3.05, 3.63) is 0 Å². The lowest BCUT2D eigenvalue weighted by atomic mass is 10.1. The van der Waals surface area contributed by atoms with Crippen LogP contribution in [0.1, 0.15) is 26.7 Å². The van der Waals surface area contributed by atoms with Gasteiger partial charge >= 0.3 is 6.18 Å². The normalized spacial score (nSPS) is 15.4. The van der Waals surface area contributed by atoms with Gasteiger partial charge in [-0.05, 0) is 13.3 Å². The minimum atomic E-state index is -4.34. The summed E-state index contributed by atoms with van der Waals surface area (Å²) in [5, 5.41) is 2.49. The van der Waals surface area contributed by atoms with Crippen LogP contribution in [0.25, 0.3) is 0 Å². The van der Waals surface area contributed by atoms with Gasteiger partial charge in [0.1, 0.15) is 6.61 Å². The number of ether oxygens (including phenoxy) is 1. The summed E-state index contributed by atoms with van der Waals surface area (Å²) in [5.74, 6) is -0.366. The van der Waals surface area contributed by atoms with Gasteiger partial charge in [-0.25, -0.2) is 0 Å². The van der Waals surface area contributed by atoms with Crippen LogP contribution in [0.5, 0.6) is 0 Å². The highest BCUT2D eigenvalue weighted by Crippen LogP contribution is 2.14. The standard InChI is InChI=1S/C10H19F3N2O2/c1-3-4-8(14)9(16)15-7(2)5-17-6-10(11,12)13/h7-8H,3-6,14H2,1-2H3,(H,15,16). The molecule has 7 heteroatoms. The van der Waals surface area contributed by atoms with Crippen LogP contribution in [0.15, 0.2) is 0 Å². The molecule has 0 aromatic heterocycles. The molecule has 0 heterocycles. The van der Waals surface area contributed by atoms with Crippen LogP contribution in [0.2, 0.25) is 0 Å². The first-order valence-electron chi connectivity index (χ1n) is 5.46. The molecule has 102 valence electrons. The van der Waals surface area contributed by atoms with Crippen LogP contribution in [0.4, 0.5) is 13.2 Å². The summed E-state index contributed by atoms with van der Waals surface area (Å²) < 4.78 is 39.7. The number of nitrogens with one attached hydrogen (secondary N) is 1. The second-order valence-electron chi connectivity index (χ2n) is 3.94. The Hall–Kier alpha value is -0.820. The molecule has 0 aromatic rings. The predicted octanol–water partition coefficient (Wildman–Crippen LogP) is 1.20. The summed E-state index contributed by atoms with van der Waals surface area (Å²) in [6.07, 6.45) is -3.03. The molecule has 17 heavy (non-hydrogen) atoms. The van der Waals surface area contributed by atoms with E-state index in [-0.39, 0.29) is 12.5 Å². The fourth-order valence-electron chi connectivity index (χ4n) is 1.19. The van der Waals surface area contributed by atoms with Gasteiger partial charge in [0.2, 0.25) is 5.91 Å². The molecule has 4 nitrogen and oxygen atoms in total. The summed E-state index contributed by atoms with van der Waals surface area (Å²) >= 11 is 0.